The van der Waals surface area contributed by atoms with Gasteiger partial charge in [-0.15, -0.1) is 0 Å². The number of carbonyl (C=O) groups is 2. The minimum absolute atomic E-state index is 0.106. The number of carbonyl (C=O) groups excluding carboxylic acids is 1. The van der Waals surface area contributed by atoms with Crippen molar-refractivity contribution >= 4 is 23.4 Å². The lowest BCUT2D eigenvalue weighted by Crippen LogP contribution is -2.14. The van der Waals surface area contributed by atoms with E-state index in [0.29, 0.717) is 29.1 Å². The number of nitrogens with zero attached hydrogens (tertiary/aromatic N) is 2. The first kappa shape index (κ1) is 14.8. The van der Waals surface area contributed by atoms with Crippen LogP contribution in [0.5, 0.6) is 0 Å². The van der Waals surface area contributed by atoms with Gasteiger partial charge in [-0.1, -0.05) is 18.5 Å². The van der Waals surface area contributed by atoms with Gasteiger partial charge in [-0.3, -0.25) is 4.79 Å². The van der Waals surface area contributed by atoms with E-state index in [1.165, 1.54) is 12.1 Å². The summed E-state index contributed by atoms with van der Waals surface area (Å²) in [6.45, 7) is 1.95. The molecule has 1 heterocycles. The molecule has 2 aromatic rings. The number of aryl methyl sites for hydroxylation is 1. The molecule has 0 aliphatic heterocycles. The van der Waals surface area contributed by atoms with Crippen LogP contribution in [0.2, 0.25) is 5.02 Å². The minimum atomic E-state index is -1.02. The number of rotatable bonds is 3. The second kappa shape index (κ2) is 5.57. The highest BCUT2D eigenvalue weighted by Crippen LogP contribution is 2.30. The summed E-state index contributed by atoms with van der Waals surface area (Å²) < 4.78 is 1.64. The largest absolute Gasteiger partial charge is 0.478 e. The van der Waals surface area contributed by atoms with Gasteiger partial charge in [0.25, 0.3) is 0 Å². The van der Waals surface area contributed by atoms with E-state index in [2.05, 4.69) is 5.10 Å². The Morgan fingerprint density at radius 2 is 2.18 bits per heavy atom. The molecule has 22 heavy (non-hydrogen) atoms. The van der Waals surface area contributed by atoms with Gasteiger partial charge in [0.2, 0.25) is 0 Å². The molecule has 6 heteroatoms. The highest BCUT2D eigenvalue weighted by molar-refractivity contribution is 6.32. The Balaban J connectivity index is 2.23. The molecule has 1 N–H and O–H groups in total. The normalized spacial score (nSPS) is 14.0. The van der Waals surface area contributed by atoms with Gasteiger partial charge >= 0.3 is 5.97 Å². The molecule has 1 aromatic heterocycles. The molecule has 0 unspecified atom stereocenters. The van der Waals surface area contributed by atoms with Crippen LogP contribution in [0.3, 0.4) is 0 Å². The highest BCUT2D eigenvalue weighted by Gasteiger charge is 2.27. The van der Waals surface area contributed by atoms with E-state index in [-0.39, 0.29) is 11.3 Å². The monoisotopic (exact) mass is 318 g/mol. The maximum absolute atomic E-state index is 12.2. The molecular weight excluding hydrogens is 304 g/mol. The number of ketones is 1. The maximum Gasteiger partial charge on any atom is 0.335 e. The van der Waals surface area contributed by atoms with Crippen LogP contribution in [0.1, 0.15) is 51.9 Å². The molecule has 1 aliphatic rings. The number of halogens is 1. The number of carboxylic acids is 1. The molecule has 1 aliphatic carbocycles. The average molecular weight is 319 g/mol. The third-order valence-corrected chi connectivity index (χ3v) is 4.23. The summed E-state index contributed by atoms with van der Waals surface area (Å²) in [5, 5.41) is 14.1. The van der Waals surface area contributed by atoms with E-state index in [4.69, 9.17) is 16.7 Å². The summed E-state index contributed by atoms with van der Waals surface area (Å²) in [4.78, 5) is 23.4. The van der Waals surface area contributed by atoms with Crippen LogP contribution >= 0.6 is 11.6 Å². The Morgan fingerprint density at radius 1 is 1.41 bits per heavy atom. The maximum atomic E-state index is 12.2. The SMILES string of the molecule is CCc1nn(-c2cc(C(=O)O)ccc2Cl)c2c1C(=O)CCC2. The van der Waals surface area contributed by atoms with E-state index in [9.17, 15) is 9.59 Å². The van der Waals surface area contributed by atoms with Crippen molar-refractivity contribution in [3.8, 4) is 5.69 Å². The average Bonchev–Trinajstić information content (AvgIpc) is 2.87. The fourth-order valence-corrected chi connectivity index (χ4v) is 3.05. The van der Waals surface area contributed by atoms with Gasteiger partial charge in [-0.05, 0) is 37.5 Å². The topological polar surface area (TPSA) is 72.2 Å². The summed E-state index contributed by atoms with van der Waals surface area (Å²) in [6.07, 6.45) is 2.70. The van der Waals surface area contributed by atoms with Crippen molar-refractivity contribution in [1.82, 2.24) is 9.78 Å². The third-order valence-electron chi connectivity index (χ3n) is 3.91. The number of aromatic nitrogens is 2. The summed E-state index contributed by atoms with van der Waals surface area (Å²) in [5.74, 6) is -0.916. The molecule has 0 atom stereocenters. The summed E-state index contributed by atoms with van der Waals surface area (Å²) in [7, 11) is 0. The van der Waals surface area contributed by atoms with Crippen molar-refractivity contribution in [2.75, 3.05) is 0 Å². The molecular formula is C16H15ClN2O3. The number of Topliss-reactive ketones (excluding diaryl/α,β-unsaturated/α-hetero) is 1. The minimum Gasteiger partial charge on any atom is -0.478 e. The molecule has 0 saturated carbocycles. The first-order valence-electron chi connectivity index (χ1n) is 7.20. The fourth-order valence-electron chi connectivity index (χ4n) is 2.85. The number of hydrogen-bond acceptors (Lipinski definition) is 3. The number of carboxylic acid groups (broad SMARTS) is 1. The number of fused-ring (bicyclic) bond motifs is 1. The molecule has 5 nitrogen and oxygen atoms in total. The van der Waals surface area contributed by atoms with Gasteiger partial charge < -0.3 is 5.11 Å². The predicted molar refractivity (Wildman–Crippen MR) is 82.2 cm³/mol. The predicted octanol–water partition coefficient (Wildman–Crippen LogP) is 3.31. The van der Waals surface area contributed by atoms with Crippen LogP contribution in [0, 0.1) is 0 Å². The Morgan fingerprint density at radius 3 is 2.86 bits per heavy atom. The lowest BCUT2D eigenvalue weighted by molar-refractivity contribution is 0.0696. The summed E-state index contributed by atoms with van der Waals surface area (Å²) >= 11 is 6.23. The number of benzene rings is 1. The highest BCUT2D eigenvalue weighted by atomic mass is 35.5. The molecule has 0 fully saturated rings. The Labute approximate surface area is 132 Å². The molecule has 0 amide bonds. The van der Waals surface area contributed by atoms with Gasteiger partial charge in [-0.25, -0.2) is 9.48 Å². The van der Waals surface area contributed by atoms with Crippen LogP contribution < -0.4 is 0 Å². The van der Waals surface area contributed by atoms with Crippen molar-refractivity contribution in [3.05, 3.63) is 45.7 Å². The van der Waals surface area contributed by atoms with Gasteiger partial charge in [0.05, 0.1) is 33.2 Å². The van der Waals surface area contributed by atoms with Crippen LogP contribution in [0.4, 0.5) is 0 Å². The third kappa shape index (κ3) is 2.31. The molecule has 1 aromatic carbocycles. The van der Waals surface area contributed by atoms with Crippen molar-refractivity contribution < 1.29 is 14.7 Å². The lowest BCUT2D eigenvalue weighted by atomic mass is 9.93. The van der Waals surface area contributed by atoms with Crippen molar-refractivity contribution in [2.45, 2.75) is 32.6 Å². The smallest absolute Gasteiger partial charge is 0.335 e. The Kier molecular flexibility index (Phi) is 3.74. The second-order valence-corrected chi connectivity index (χ2v) is 5.69. The van der Waals surface area contributed by atoms with Gasteiger partial charge in [0, 0.05) is 6.42 Å². The molecule has 3 rings (SSSR count). The van der Waals surface area contributed by atoms with Crippen LogP contribution in [0.25, 0.3) is 5.69 Å². The number of aromatic carboxylic acids is 1. The second-order valence-electron chi connectivity index (χ2n) is 5.28. The van der Waals surface area contributed by atoms with Crippen molar-refractivity contribution in [2.24, 2.45) is 0 Å². The Bertz CT molecular complexity index is 780. The van der Waals surface area contributed by atoms with Crippen LogP contribution in [-0.2, 0) is 12.8 Å². The lowest BCUT2D eigenvalue weighted by Gasteiger charge is -2.14. The quantitative estimate of drug-likeness (QED) is 0.942. The molecule has 0 bridgehead atoms. The Hall–Kier alpha value is -2.14. The van der Waals surface area contributed by atoms with E-state index < -0.39 is 5.97 Å². The molecule has 114 valence electrons. The van der Waals surface area contributed by atoms with Gasteiger partial charge in [0.15, 0.2) is 5.78 Å². The van der Waals surface area contributed by atoms with Crippen molar-refractivity contribution in [1.29, 1.82) is 0 Å². The summed E-state index contributed by atoms with van der Waals surface area (Å²) in [5.41, 5.74) is 2.91. The zero-order valence-electron chi connectivity index (χ0n) is 12.1. The fraction of sp³-hybridized carbons (Fsp3) is 0.312. The zero-order chi connectivity index (χ0) is 15.9. The van der Waals surface area contributed by atoms with Gasteiger partial charge in [-0.2, -0.15) is 5.10 Å². The van der Waals surface area contributed by atoms with E-state index in [1.807, 2.05) is 6.92 Å². The van der Waals surface area contributed by atoms with Crippen LogP contribution in [-0.4, -0.2) is 26.6 Å². The first-order valence-corrected chi connectivity index (χ1v) is 7.58. The van der Waals surface area contributed by atoms with Crippen LogP contribution in [0.15, 0.2) is 18.2 Å². The summed E-state index contributed by atoms with van der Waals surface area (Å²) in [6, 6.07) is 4.50. The molecule has 0 spiro atoms. The van der Waals surface area contributed by atoms with E-state index >= 15 is 0 Å². The van der Waals surface area contributed by atoms with Crippen molar-refractivity contribution in [3.63, 3.8) is 0 Å². The van der Waals surface area contributed by atoms with E-state index in [0.717, 1.165) is 24.2 Å². The van der Waals surface area contributed by atoms with Gasteiger partial charge in [0.1, 0.15) is 0 Å². The zero-order valence-corrected chi connectivity index (χ0v) is 12.9. The molecule has 0 saturated heterocycles. The number of hydrogen-bond donors (Lipinski definition) is 1. The standard InChI is InChI=1S/C16H15ClN2O3/c1-2-11-15-12(4-3-5-14(15)20)19(18-11)13-8-9(16(21)22)6-7-10(13)17/h6-8H,2-5H2,1H3,(H,21,22). The first-order chi connectivity index (χ1) is 10.5. The molecule has 0 radical (unpaired) electrons. The van der Waals surface area contributed by atoms with E-state index in [1.54, 1.807) is 10.7 Å².